The molecule has 18 heavy (non-hydrogen) atoms. The van der Waals surface area contributed by atoms with E-state index < -0.39 is 0 Å². The third-order valence-corrected chi connectivity index (χ3v) is 3.75. The molecule has 0 aliphatic rings. The van der Waals surface area contributed by atoms with Crippen LogP contribution >= 0.6 is 15.9 Å². The maximum atomic E-state index is 12.0. The Kier molecular flexibility index (Phi) is 4.07. The molecule has 1 atom stereocenters. The van der Waals surface area contributed by atoms with Crippen LogP contribution in [0.25, 0.3) is 10.9 Å². The smallest absolute Gasteiger partial charge is 0.242 e. The van der Waals surface area contributed by atoms with Crippen LogP contribution in [0.1, 0.15) is 26.3 Å². The minimum absolute atomic E-state index is 0.0642. The number of amides is 1. The number of nitrogens with zero attached hydrogens (tertiary/aromatic N) is 1. The molecule has 0 saturated carbocycles. The summed E-state index contributed by atoms with van der Waals surface area (Å²) >= 11 is 3.52. The van der Waals surface area contributed by atoms with E-state index in [1.165, 1.54) is 0 Å². The highest BCUT2D eigenvalue weighted by atomic mass is 79.9. The number of hydrogen-bond donors (Lipinski definition) is 1. The van der Waals surface area contributed by atoms with Crippen LogP contribution in [0.4, 0.5) is 0 Å². The number of aromatic nitrogens is 1. The van der Waals surface area contributed by atoms with E-state index in [1.54, 1.807) is 0 Å². The van der Waals surface area contributed by atoms with Crippen molar-refractivity contribution < 1.29 is 4.79 Å². The third-order valence-electron chi connectivity index (χ3n) is 3.06. The molecule has 0 spiro atoms. The Bertz CT molecular complexity index is 562. The fourth-order valence-corrected chi connectivity index (χ4v) is 2.50. The highest BCUT2D eigenvalue weighted by Crippen LogP contribution is 2.26. The maximum absolute atomic E-state index is 12.0. The zero-order chi connectivity index (χ0) is 13.1. The number of hydrogen-bond acceptors (Lipinski definition) is 1. The molecule has 1 aromatic carbocycles. The summed E-state index contributed by atoms with van der Waals surface area (Å²) < 4.78 is 3.06. The minimum atomic E-state index is -0.191. The summed E-state index contributed by atoms with van der Waals surface area (Å²) in [5.41, 5.74) is 1.07. The van der Waals surface area contributed by atoms with Crippen LogP contribution < -0.4 is 5.32 Å². The van der Waals surface area contributed by atoms with Crippen molar-refractivity contribution in [2.24, 2.45) is 0 Å². The van der Waals surface area contributed by atoms with E-state index in [0.717, 1.165) is 28.3 Å². The average molecular weight is 309 g/mol. The lowest BCUT2D eigenvalue weighted by atomic mass is 10.2. The normalized spacial score (nSPS) is 12.6. The van der Waals surface area contributed by atoms with E-state index in [1.807, 2.05) is 48.9 Å². The molecule has 0 aliphatic carbocycles. The van der Waals surface area contributed by atoms with E-state index in [0.29, 0.717) is 0 Å². The maximum Gasteiger partial charge on any atom is 0.242 e. The minimum Gasteiger partial charge on any atom is -0.354 e. The molecule has 96 valence electrons. The molecule has 1 unspecified atom stereocenters. The quantitative estimate of drug-likeness (QED) is 0.921. The first-order chi connectivity index (χ1) is 8.65. The Morgan fingerprint density at radius 1 is 1.44 bits per heavy atom. The molecule has 0 saturated heterocycles. The van der Waals surface area contributed by atoms with Crippen molar-refractivity contribution in [2.75, 3.05) is 6.54 Å². The van der Waals surface area contributed by atoms with Gasteiger partial charge in [0.25, 0.3) is 0 Å². The molecule has 0 radical (unpaired) electrons. The van der Waals surface area contributed by atoms with Gasteiger partial charge in [-0.2, -0.15) is 0 Å². The summed E-state index contributed by atoms with van der Waals surface area (Å²) in [5, 5.41) is 4.06. The zero-order valence-electron chi connectivity index (χ0n) is 10.6. The van der Waals surface area contributed by atoms with Gasteiger partial charge in [0, 0.05) is 28.1 Å². The summed E-state index contributed by atoms with van der Waals surface area (Å²) in [7, 11) is 0. The predicted molar refractivity (Wildman–Crippen MR) is 77.6 cm³/mol. The van der Waals surface area contributed by atoms with Crippen LogP contribution in [0.3, 0.4) is 0 Å². The van der Waals surface area contributed by atoms with Crippen molar-refractivity contribution in [2.45, 2.75) is 26.3 Å². The van der Waals surface area contributed by atoms with Crippen LogP contribution in [0.5, 0.6) is 0 Å². The summed E-state index contributed by atoms with van der Waals surface area (Å²) in [5.74, 6) is 0.0642. The van der Waals surface area contributed by atoms with Gasteiger partial charge in [-0.05, 0) is 31.5 Å². The summed E-state index contributed by atoms with van der Waals surface area (Å²) in [6.45, 7) is 4.70. The monoisotopic (exact) mass is 308 g/mol. The Balaban J connectivity index is 2.31. The lowest BCUT2D eigenvalue weighted by Gasteiger charge is -2.15. The molecule has 1 N–H and O–H groups in total. The lowest BCUT2D eigenvalue weighted by Crippen LogP contribution is -2.31. The van der Waals surface area contributed by atoms with Crippen LogP contribution in [-0.4, -0.2) is 17.0 Å². The van der Waals surface area contributed by atoms with Gasteiger partial charge in [-0.1, -0.05) is 28.9 Å². The molecule has 0 aliphatic heterocycles. The predicted octanol–water partition coefficient (Wildman–Crippen LogP) is 3.49. The van der Waals surface area contributed by atoms with Gasteiger partial charge in [0.1, 0.15) is 6.04 Å². The fraction of sp³-hybridized carbons (Fsp3) is 0.357. The van der Waals surface area contributed by atoms with Gasteiger partial charge < -0.3 is 9.88 Å². The number of nitrogens with one attached hydrogen (secondary N) is 1. The zero-order valence-corrected chi connectivity index (χ0v) is 12.2. The Morgan fingerprint density at radius 3 is 2.94 bits per heavy atom. The van der Waals surface area contributed by atoms with Gasteiger partial charge in [-0.15, -0.1) is 0 Å². The first-order valence-electron chi connectivity index (χ1n) is 6.18. The number of halogens is 1. The van der Waals surface area contributed by atoms with Crippen LogP contribution in [0, 0.1) is 0 Å². The number of carbonyl (C=O) groups excluding carboxylic acids is 1. The van der Waals surface area contributed by atoms with Crippen molar-refractivity contribution >= 4 is 32.7 Å². The van der Waals surface area contributed by atoms with E-state index in [2.05, 4.69) is 21.2 Å². The van der Waals surface area contributed by atoms with Crippen molar-refractivity contribution in [1.82, 2.24) is 9.88 Å². The Hall–Kier alpha value is -1.29. The molecule has 0 fully saturated rings. The lowest BCUT2D eigenvalue weighted by molar-refractivity contribution is -0.123. The molecule has 2 aromatic rings. The molecular weight excluding hydrogens is 292 g/mol. The Morgan fingerprint density at radius 2 is 2.22 bits per heavy atom. The van der Waals surface area contributed by atoms with E-state index in [9.17, 15) is 4.79 Å². The van der Waals surface area contributed by atoms with Gasteiger partial charge in [-0.3, -0.25) is 4.79 Å². The van der Waals surface area contributed by atoms with Gasteiger partial charge >= 0.3 is 0 Å². The second-order valence-electron chi connectivity index (χ2n) is 4.36. The van der Waals surface area contributed by atoms with E-state index >= 15 is 0 Å². The first kappa shape index (κ1) is 13.1. The van der Waals surface area contributed by atoms with E-state index in [-0.39, 0.29) is 11.9 Å². The largest absolute Gasteiger partial charge is 0.354 e. The van der Waals surface area contributed by atoms with Gasteiger partial charge in [0.05, 0.1) is 0 Å². The molecule has 1 heterocycles. The van der Waals surface area contributed by atoms with Crippen molar-refractivity contribution in [3.05, 3.63) is 34.9 Å². The highest BCUT2D eigenvalue weighted by molar-refractivity contribution is 9.10. The molecule has 3 nitrogen and oxygen atoms in total. The van der Waals surface area contributed by atoms with Gasteiger partial charge in [-0.25, -0.2) is 0 Å². The third kappa shape index (κ3) is 2.43. The van der Waals surface area contributed by atoms with Crippen LogP contribution in [0.2, 0.25) is 0 Å². The Labute approximate surface area is 115 Å². The van der Waals surface area contributed by atoms with Crippen molar-refractivity contribution in [3.63, 3.8) is 0 Å². The first-order valence-corrected chi connectivity index (χ1v) is 6.97. The topological polar surface area (TPSA) is 34.0 Å². The van der Waals surface area contributed by atoms with Crippen molar-refractivity contribution in [1.29, 1.82) is 0 Å². The molecule has 4 heteroatoms. The van der Waals surface area contributed by atoms with Crippen molar-refractivity contribution in [3.8, 4) is 0 Å². The SMILES string of the molecule is CCCNC(=O)C(C)n1ccc2c(Br)cccc21. The van der Waals surface area contributed by atoms with Gasteiger partial charge in [0.15, 0.2) is 0 Å². The number of benzene rings is 1. The molecule has 1 amide bonds. The molecule has 1 aromatic heterocycles. The summed E-state index contributed by atoms with van der Waals surface area (Å²) in [6, 6.07) is 7.86. The molecule has 0 bridgehead atoms. The van der Waals surface area contributed by atoms with Crippen LogP contribution in [-0.2, 0) is 4.79 Å². The average Bonchev–Trinajstić information content (AvgIpc) is 2.80. The second-order valence-corrected chi connectivity index (χ2v) is 5.22. The highest BCUT2D eigenvalue weighted by Gasteiger charge is 2.16. The number of carbonyl (C=O) groups is 1. The molecule has 2 rings (SSSR count). The van der Waals surface area contributed by atoms with Crippen LogP contribution in [0.15, 0.2) is 34.9 Å². The molecular formula is C14H17BrN2O. The number of rotatable bonds is 4. The standard InChI is InChI=1S/C14H17BrN2O/c1-3-8-16-14(18)10(2)17-9-7-11-12(15)5-4-6-13(11)17/h4-7,9-10H,3,8H2,1-2H3,(H,16,18). The summed E-state index contributed by atoms with van der Waals surface area (Å²) in [6.07, 6.45) is 2.92. The second kappa shape index (κ2) is 5.57. The summed E-state index contributed by atoms with van der Waals surface area (Å²) in [4.78, 5) is 12.0. The fourth-order valence-electron chi connectivity index (χ4n) is 2.01. The number of fused-ring (bicyclic) bond motifs is 1. The van der Waals surface area contributed by atoms with Gasteiger partial charge in [0.2, 0.25) is 5.91 Å². The van der Waals surface area contributed by atoms with E-state index in [4.69, 9.17) is 0 Å².